The summed E-state index contributed by atoms with van der Waals surface area (Å²) in [7, 11) is 1.18. The van der Waals surface area contributed by atoms with E-state index in [2.05, 4.69) is 4.84 Å². The molecule has 68 valence electrons. The molecule has 0 bridgehead atoms. The Kier molecular flexibility index (Phi) is 2.26. The number of nitriles is 1. The van der Waals surface area contributed by atoms with E-state index >= 15 is 0 Å². The van der Waals surface area contributed by atoms with Crippen molar-refractivity contribution in [3.05, 3.63) is 0 Å². The van der Waals surface area contributed by atoms with E-state index in [0.29, 0.717) is 5.06 Å². The molecule has 0 aromatic rings. The van der Waals surface area contributed by atoms with Crippen LogP contribution in [0.4, 0.5) is 13.2 Å². The number of alkyl halides is 3. The summed E-state index contributed by atoms with van der Waals surface area (Å²) >= 11 is 0. The monoisotopic (exact) mass is 180 g/mol. The Balaban J connectivity index is 2.65. The molecule has 6 heteroatoms. The van der Waals surface area contributed by atoms with Gasteiger partial charge in [0.15, 0.2) is 6.10 Å². The maximum atomic E-state index is 12.1. The zero-order valence-electron chi connectivity index (χ0n) is 6.30. The maximum Gasteiger partial charge on any atom is 0.406 e. The Morgan fingerprint density at radius 3 is 2.42 bits per heavy atom. The molecule has 1 rings (SSSR count). The molecule has 3 nitrogen and oxygen atoms in total. The lowest BCUT2D eigenvalue weighted by Crippen LogP contribution is -2.37. The van der Waals surface area contributed by atoms with Crippen LogP contribution in [0.25, 0.3) is 0 Å². The van der Waals surface area contributed by atoms with Crippen LogP contribution in [-0.2, 0) is 4.84 Å². The van der Waals surface area contributed by atoms with Gasteiger partial charge in [0.1, 0.15) is 6.04 Å². The van der Waals surface area contributed by atoms with Crippen LogP contribution in [0.5, 0.6) is 0 Å². The Morgan fingerprint density at radius 1 is 1.58 bits per heavy atom. The van der Waals surface area contributed by atoms with Crippen LogP contribution in [0.1, 0.15) is 6.42 Å². The lowest BCUT2D eigenvalue weighted by atomic mass is 10.1. The van der Waals surface area contributed by atoms with Gasteiger partial charge in [0, 0.05) is 13.5 Å². The Hall–Kier alpha value is -0.800. The van der Waals surface area contributed by atoms with Crippen molar-refractivity contribution in [1.29, 1.82) is 5.26 Å². The van der Waals surface area contributed by atoms with Gasteiger partial charge >= 0.3 is 6.18 Å². The number of rotatable bonds is 0. The van der Waals surface area contributed by atoms with Crippen molar-refractivity contribution in [2.75, 3.05) is 7.05 Å². The van der Waals surface area contributed by atoms with Crippen LogP contribution < -0.4 is 0 Å². The molecule has 0 aromatic heterocycles. The molecule has 0 unspecified atom stereocenters. The van der Waals surface area contributed by atoms with Gasteiger partial charge in [-0.25, -0.2) is 0 Å². The van der Waals surface area contributed by atoms with E-state index < -0.39 is 18.3 Å². The van der Waals surface area contributed by atoms with Crippen LogP contribution in [0.3, 0.4) is 0 Å². The second-order valence-corrected chi connectivity index (χ2v) is 2.56. The molecule has 1 heterocycles. The number of hydroxylamine groups is 2. The highest BCUT2D eigenvalue weighted by atomic mass is 19.4. The van der Waals surface area contributed by atoms with E-state index in [1.54, 1.807) is 6.07 Å². The van der Waals surface area contributed by atoms with Gasteiger partial charge in [0.05, 0.1) is 6.07 Å². The second-order valence-electron chi connectivity index (χ2n) is 2.56. The van der Waals surface area contributed by atoms with E-state index in [4.69, 9.17) is 5.26 Å². The lowest BCUT2D eigenvalue weighted by molar-refractivity contribution is -0.228. The number of hydrogen-bond acceptors (Lipinski definition) is 3. The van der Waals surface area contributed by atoms with Crippen molar-refractivity contribution in [2.45, 2.75) is 24.7 Å². The fraction of sp³-hybridized carbons (Fsp3) is 0.833. The molecule has 1 aliphatic heterocycles. The summed E-state index contributed by atoms with van der Waals surface area (Å²) in [4.78, 5) is 4.60. The van der Waals surface area contributed by atoms with Crippen molar-refractivity contribution in [1.82, 2.24) is 5.06 Å². The topological polar surface area (TPSA) is 36.3 Å². The summed E-state index contributed by atoms with van der Waals surface area (Å²) in [5.74, 6) is 0. The van der Waals surface area contributed by atoms with Crippen molar-refractivity contribution < 1.29 is 18.0 Å². The first-order valence-corrected chi connectivity index (χ1v) is 3.31. The largest absolute Gasteiger partial charge is 0.406 e. The predicted molar refractivity (Wildman–Crippen MR) is 32.7 cm³/mol. The highest BCUT2D eigenvalue weighted by molar-refractivity contribution is 4.93. The van der Waals surface area contributed by atoms with Crippen LogP contribution in [0.2, 0.25) is 0 Å². The zero-order chi connectivity index (χ0) is 9.35. The minimum atomic E-state index is -4.32. The molecule has 0 saturated carbocycles. The summed E-state index contributed by atoms with van der Waals surface area (Å²) in [5, 5.41) is 8.99. The minimum Gasteiger partial charge on any atom is -0.280 e. The van der Waals surface area contributed by atoms with Gasteiger partial charge < -0.3 is 0 Å². The van der Waals surface area contributed by atoms with Crippen LogP contribution in [0.15, 0.2) is 0 Å². The van der Waals surface area contributed by atoms with E-state index in [9.17, 15) is 13.2 Å². The van der Waals surface area contributed by atoms with E-state index in [1.807, 2.05) is 0 Å². The number of halogens is 3. The van der Waals surface area contributed by atoms with E-state index in [1.165, 1.54) is 7.05 Å². The van der Waals surface area contributed by atoms with Crippen molar-refractivity contribution >= 4 is 0 Å². The molecule has 12 heavy (non-hydrogen) atoms. The third-order valence-corrected chi connectivity index (χ3v) is 1.69. The van der Waals surface area contributed by atoms with Gasteiger partial charge in [-0.05, 0) is 0 Å². The molecular weight excluding hydrogens is 173 g/mol. The summed E-state index contributed by atoms with van der Waals surface area (Å²) in [6, 6.07) is -0.0183. The van der Waals surface area contributed by atoms with E-state index in [0.717, 1.165) is 0 Å². The predicted octanol–water partition coefficient (Wildman–Crippen LogP) is 1.08. The fourth-order valence-corrected chi connectivity index (χ4v) is 1.08. The first-order chi connectivity index (χ1) is 5.45. The molecule has 1 saturated heterocycles. The van der Waals surface area contributed by atoms with Crippen molar-refractivity contribution in [3.63, 3.8) is 0 Å². The highest BCUT2D eigenvalue weighted by Gasteiger charge is 2.48. The standard InChI is InChI=1S/C6H7F3N2O/c1-11-5(6(7,8)9)2-4(3-10)12-11/h4-5H,2H2,1H3/t4-,5+/m0/s1. The van der Waals surface area contributed by atoms with E-state index in [-0.39, 0.29) is 6.42 Å². The third-order valence-electron chi connectivity index (χ3n) is 1.69. The summed E-state index contributed by atoms with van der Waals surface area (Å²) in [6.07, 6.45) is -5.60. The molecule has 0 aliphatic carbocycles. The first kappa shape index (κ1) is 9.29. The summed E-state index contributed by atoms with van der Waals surface area (Å²) in [6.45, 7) is 0. The number of hydrogen-bond donors (Lipinski definition) is 0. The molecule has 1 fully saturated rings. The molecule has 0 aromatic carbocycles. The quantitative estimate of drug-likeness (QED) is 0.559. The molecular formula is C6H7F3N2O. The normalized spacial score (nSPS) is 31.9. The average molecular weight is 180 g/mol. The van der Waals surface area contributed by atoms with Gasteiger partial charge in [0.2, 0.25) is 0 Å². The molecule has 1 aliphatic rings. The van der Waals surface area contributed by atoms with Crippen LogP contribution in [0, 0.1) is 11.3 Å². The van der Waals surface area contributed by atoms with Crippen molar-refractivity contribution in [3.8, 4) is 6.07 Å². The molecule has 0 radical (unpaired) electrons. The lowest BCUT2D eigenvalue weighted by Gasteiger charge is -2.19. The Labute approximate surface area is 67.3 Å². The van der Waals surface area contributed by atoms with Gasteiger partial charge in [-0.15, -0.1) is 0 Å². The van der Waals surface area contributed by atoms with Gasteiger partial charge in [-0.3, -0.25) is 4.84 Å². The summed E-state index contributed by atoms with van der Waals surface area (Å²) in [5.41, 5.74) is 0. The third kappa shape index (κ3) is 1.68. The first-order valence-electron chi connectivity index (χ1n) is 3.31. The smallest absolute Gasteiger partial charge is 0.280 e. The Morgan fingerprint density at radius 2 is 2.17 bits per heavy atom. The maximum absolute atomic E-state index is 12.1. The number of nitrogens with zero attached hydrogens (tertiary/aromatic N) is 2. The minimum absolute atomic E-state index is 0.309. The molecule has 2 atom stereocenters. The summed E-state index contributed by atoms with van der Waals surface area (Å²) < 4.78 is 36.3. The highest BCUT2D eigenvalue weighted by Crippen LogP contribution is 2.32. The van der Waals surface area contributed by atoms with Crippen molar-refractivity contribution in [2.24, 2.45) is 0 Å². The average Bonchev–Trinajstić information content (AvgIpc) is 2.29. The van der Waals surface area contributed by atoms with Gasteiger partial charge in [0.25, 0.3) is 0 Å². The molecule has 0 N–H and O–H groups in total. The van der Waals surface area contributed by atoms with Gasteiger partial charge in [-0.1, -0.05) is 0 Å². The molecule has 0 amide bonds. The Bertz CT molecular complexity index is 210. The van der Waals surface area contributed by atoms with Crippen LogP contribution >= 0.6 is 0 Å². The molecule has 0 spiro atoms. The fourth-order valence-electron chi connectivity index (χ4n) is 1.08. The van der Waals surface area contributed by atoms with Gasteiger partial charge in [-0.2, -0.15) is 23.5 Å². The van der Waals surface area contributed by atoms with Crippen LogP contribution in [-0.4, -0.2) is 30.4 Å². The SMILES string of the molecule is CN1O[C@H](C#N)C[C@@H]1C(F)(F)F. The zero-order valence-corrected chi connectivity index (χ0v) is 6.30. The second kappa shape index (κ2) is 2.92.